The number of nitrogens with zero attached hydrogens (tertiary/aromatic N) is 1. The fourth-order valence-corrected chi connectivity index (χ4v) is 5.93. The van der Waals surface area contributed by atoms with Gasteiger partial charge in [0.05, 0.1) is 10.9 Å². The Hall–Kier alpha value is -3.49. The van der Waals surface area contributed by atoms with Gasteiger partial charge in [-0.05, 0) is 69.4 Å². The van der Waals surface area contributed by atoms with E-state index < -0.39 is 11.6 Å². The van der Waals surface area contributed by atoms with Crippen molar-refractivity contribution >= 4 is 39.1 Å². The van der Waals surface area contributed by atoms with Crippen LogP contribution in [0.3, 0.4) is 0 Å². The van der Waals surface area contributed by atoms with E-state index in [0.29, 0.717) is 30.7 Å². The van der Waals surface area contributed by atoms with Crippen molar-refractivity contribution in [1.82, 2.24) is 20.9 Å². The average Bonchev–Trinajstić information content (AvgIpc) is 3.58. The van der Waals surface area contributed by atoms with Gasteiger partial charge in [-0.15, -0.1) is 11.3 Å². The third kappa shape index (κ3) is 8.00. The molecule has 0 unspecified atom stereocenters. The Morgan fingerprint density at radius 2 is 1.74 bits per heavy atom. The van der Waals surface area contributed by atoms with Gasteiger partial charge in [-0.3, -0.25) is 14.4 Å². The average molecular weight is 547 g/mol. The molecule has 7 nitrogen and oxygen atoms in total. The summed E-state index contributed by atoms with van der Waals surface area (Å²) in [4.78, 5) is 42.2. The number of rotatable bonds is 12. The van der Waals surface area contributed by atoms with Gasteiger partial charge in [0.2, 0.25) is 11.8 Å². The van der Waals surface area contributed by atoms with Crippen LogP contribution in [0.25, 0.3) is 10.1 Å². The van der Waals surface area contributed by atoms with E-state index in [-0.39, 0.29) is 17.7 Å². The largest absolute Gasteiger partial charge is 0.353 e. The molecule has 0 aliphatic heterocycles. The van der Waals surface area contributed by atoms with E-state index in [9.17, 15) is 14.4 Å². The van der Waals surface area contributed by atoms with E-state index in [1.165, 1.54) is 17.4 Å². The van der Waals surface area contributed by atoms with Crippen molar-refractivity contribution in [3.05, 3.63) is 83.3 Å². The predicted octanol–water partition coefficient (Wildman–Crippen LogP) is 4.30. The van der Waals surface area contributed by atoms with Gasteiger partial charge in [0.15, 0.2) is 0 Å². The highest BCUT2D eigenvalue weighted by atomic mass is 32.1. The summed E-state index contributed by atoms with van der Waals surface area (Å²) in [6.45, 7) is 1.48. The number of hydrogen-bond donors (Lipinski definition) is 3. The lowest BCUT2D eigenvalue weighted by Crippen LogP contribution is -2.58. The van der Waals surface area contributed by atoms with E-state index in [1.54, 1.807) is 6.08 Å². The van der Waals surface area contributed by atoms with Crippen molar-refractivity contribution in [3.8, 4) is 0 Å². The van der Waals surface area contributed by atoms with Crippen LogP contribution in [0.4, 0.5) is 0 Å². The molecule has 8 heteroatoms. The van der Waals surface area contributed by atoms with Gasteiger partial charge in [0.25, 0.3) is 5.91 Å². The highest BCUT2D eigenvalue weighted by Gasteiger charge is 2.43. The molecule has 0 saturated heterocycles. The number of amides is 3. The molecule has 0 radical (unpaired) electrons. The second kappa shape index (κ2) is 13.5. The summed E-state index contributed by atoms with van der Waals surface area (Å²) >= 11 is 1.43. The maximum Gasteiger partial charge on any atom is 0.262 e. The summed E-state index contributed by atoms with van der Waals surface area (Å²) in [6.07, 6.45) is 7.57. The lowest BCUT2D eigenvalue weighted by Gasteiger charge is -2.30. The Balaban J connectivity index is 1.46. The maximum atomic E-state index is 13.8. The van der Waals surface area contributed by atoms with E-state index in [1.807, 2.05) is 74.8 Å². The molecule has 1 aromatic heterocycles. The Bertz CT molecular complexity index is 1260. The molecular formula is C31H38N4O3S. The molecule has 0 bridgehead atoms. The third-order valence-electron chi connectivity index (χ3n) is 7.07. The van der Waals surface area contributed by atoms with Crippen LogP contribution in [0.1, 0.15) is 47.3 Å². The lowest BCUT2D eigenvalue weighted by atomic mass is 9.94. The van der Waals surface area contributed by atoms with Gasteiger partial charge < -0.3 is 20.9 Å². The molecule has 3 amide bonds. The summed E-state index contributed by atoms with van der Waals surface area (Å²) in [7, 11) is 4.00. The first-order chi connectivity index (χ1) is 18.8. The Labute approximate surface area is 234 Å². The molecular weight excluding hydrogens is 508 g/mol. The van der Waals surface area contributed by atoms with E-state index in [4.69, 9.17) is 0 Å². The monoisotopic (exact) mass is 546 g/mol. The zero-order chi connectivity index (χ0) is 27.7. The second-order valence-electron chi connectivity index (χ2n) is 10.5. The molecule has 3 N–H and O–H groups in total. The van der Waals surface area contributed by atoms with Gasteiger partial charge in [0, 0.05) is 17.3 Å². The molecule has 1 atom stereocenters. The van der Waals surface area contributed by atoms with E-state index in [0.717, 1.165) is 41.5 Å². The molecule has 2 aromatic carbocycles. The first-order valence-electron chi connectivity index (χ1n) is 13.6. The first kappa shape index (κ1) is 28.5. The molecule has 4 rings (SSSR count). The minimum Gasteiger partial charge on any atom is -0.353 e. The van der Waals surface area contributed by atoms with E-state index >= 15 is 0 Å². The Kier molecular flexibility index (Phi) is 9.90. The first-order valence-corrected chi connectivity index (χ1v) is 14.4. The zero-order valence-corrected chi connectivity index (χ0v) is 23.6. The molecule has 206 valence electrons. The molecule has 0 spiro atoms. The Morgan fingerprint density at radius 3 is 2.46 bits per heavy atom. The number of carbonyl (C=O) groups excluding carboxylic acids is 3. The lowest BCUT2D eigenvalue weighted by molar-refractivity contribution is -0.127. The quantitative estimate of drug-likeness (QED) is 0.233. The maximum absolute atomic E-state index is 13.8. The van der Waals surface area contributed by atoms with Gasteiger partial charge in [0.1, 0.15) is 5.54 Å². The fraction of sp³-hybridized carbons (Fsp3) is 0.387. The molecule has 1 fully saturated rings. The topological polar surface area (TPSA) is 90.5 Å². The number of carbonyl (C=O) groups is 3. The normalized spacial score (nSPS) is 15.5. The van der Waals surface area contributed by atoms with Gasteiger partial charge in [-0.25, -0.2) is 0 Å². The number of hydrogen-bond acceptors (Lipinski definition) is 5. The van der Waals surface area contributed by atoms with Crippen LogP contribution in [0.5, 0.6) is 0 Å². The smallest absolute Gasteiger partial charge is 0.262 e. The summed E-state index contributed by atoms with van der Waals surface area (Å²) in [5.74, 6) is -0.610. The highest BCUT2D eigenvalue weighted by molar-refractivity contribution is 7.20. The van der Waals surface area contributed by atoms with Crippen molar-refractivity contribution in [2.45, 2.75) is 50.1 Å². The van der Waals surface area contributed by atoms with Crippen LogP contribution in [-0.2, 0) is 16.0 Å². The SMILES string of the molecule is CN(C)CCCNC(=O)/C=C/[C@H](Cc1ccccc1)NC(=O)C1(NC(=O)c2cc3ccccc3s2)CCCC1. The molecule has 3 aromatic rings. The highest BCUT2D eigenvalue weighted by Crippen LogP contribution is 2.32. The van der Waals surface area contributed by atoms with Crippen LogP contribution >= 0.6 is 11.3 Å². The standard InChI is InChI=1S/C31H38N4O3S/c1-35(2)20-10-19-32-28(36)16-15-25(21-23-11-4-3-5-12-23)33-30(38)31(17-8-9-18-31)34-29(37)27-22-24-13-6-7-14-26(24)39-27/h3-7,11-16,22,25H,8-10,17-21H2,1-2H3,(H,32,36)(H,33,38)(H,34,37)/b16-15+/t25-/m1/s1. The predicted molar refractivity (Wildman–Crippen MR) is 158 cm³/mol. The fourth-order valence-electron chi connectivity index (χ4n) is 4.97. The van der Waals surface area contributed by atoms with Crippen molar-refractivity contribution < 1.29 is 14.4 Å². The van der Waals surface area contributed by atoms with Crippen molar-refractivity contribution in [1.29, 1.82) is 0 Å². The summed E-state index contributed by atoms with van der Waals surface area (Å²) in [5, 5.41) is 10.2. The van der Waals surface area contributed by atoms with Crippen LogP contribution in [0.15, 0.2) is 72.8 Å². The molecule has 1 aliphatic carbocycles. The van der Waals surface area contributed by atoms with Gasteiger partial charge >= 0.3 is 0 Å². The van der Waals surface area contributed by atoms with E-state index in [2.05, 4.69) is 20.9 Å². The molecule has 1 aliphatic rings. The molecule has 1 heterocycles. The van der Waals surface area contributed by atoms with Crippen molar-refractivity contribution in [3.63, 3.8) is 0 Å². The minimum atomic E-state index is -0.968. The number of thiophene rings is 1. The van der Waals surface area contributed by atoms with Crippen molar-refractivity contribution in [2.75, 3.05) is 27.2 Å². The number of nitrogens with one attached hydrogen (secondary N) is 3. The van der Waals surface area contributed by atoms with Gasteiger partial charge in [-0.2, -0.15) is 0 Å². The number of benzene rings is 2. The van der Waals surface area contributed by atoms with Crippen LogP contribution in [0.2, 0.25) is 0 Å². The van der Waals surface area contributed by atoms with Crippen LogP contribution in [-0.4, -0.2) is 61.4 Å². The second-order valence-corrected chi connectivity index (χ2v) is 11.6. The van der Waals surface area contributed by atoms with Gasteiger partial charge in [-0.1, -0.05) is 67.4 Å². The molecule has 39 heavy (non-hydrogen) atoms. The van der Waals surface area contributed by atoms with Crippen LogP contribution in [0, 0.1) is 0 Å². The minimum absolute atomic E-state index is 0.185. The molecule has 1 saturated carbocycles. The number of fused-ring (bicyclic) bond motifs is 1. The zero-order valence-electron chi connectivity index (χ0n) is 22.7. The van der Waals surface area contributed by atoms with Crippen LogP contribution < -0.4 is 16.0 Å². The summed E-state index contributed by atoms with van der Waals surface area (Å²) < 4.78 is 1.04. The summed E-state index contributed by atoms with van der Waals surface area (Å²) in [6, 6.07) is 19.2. The summed E-state index contributed by atoms with van der Waals surface area (Å²) in [5.41, 5.74) is 0.0819. The Morgan fingerprint density at radius 1 is 1.03 bits per heavy atom. The van der Waals surface area contributed by atoms with Crippen molar-refractivity contribution in [2.24, 2.45) is 0 Å². The third-order valence-corrected chi connectivity index (χ3v) is 8.18.